The first kappa shape index (κ1) is 16.0. The molecule has 1 N–H and O–H groups in total. The summed E-state index contributed by atoms with van der Waals surface area (Å²) < 4.78 is 20.5. The minimum Gasteiger partial charge on any atom is -0.491 e. The second-order valence-electron chi connectivity index (χ2n) is 4.94. The van der Waals surface area contributed by atoms with Crippen molar-refractivity contribution in [2.75, 3.05) is 6.61 Å². The van der Waals surface area contributed by atoms with E-state index < -0.39 is 11.9 Å². The first-order valence-electron chi connectivity index (χ1n) is 6.90. The lowest BCUT2D eigenvalue weighted by Gasteiger charge is -2.17. The van der Waals surface area contributed by atoms with Gasteiger partial charge in [-0.15, -0.1) is 0 Å². The SMILES string of the molecule is CCCOc1ccc(Br)c(C(O)c2cccc(C)c2)c1F. The molecule has 0 heterocycles. The molecule has 21 heavy (non-hydrogen) atoms. The molecule has 2 nitrogen and oxygen atoms in total. The molecule has 1 unspecified atom stereocenters. The largest absolute Gasteiger partial charge is 0.491 e. The Morgan fingerprint density at radius 1 is 1.29 bits per heavy atom. The van der Waals surface area contributed by atoms with Crippen molar-refractivity contribution in [2.45, 2.75) is 26.4 Å². The molecule has 0 aliphatic carbocycles. The Hall–Kier alpha value is -1.39. The Labute approximate surface area is 132 Å². The zero-order valence-electron chi connectivity index (χ0n) is 12.1. The maximum Gasteiger partial charge on any atom is 0.172 e. The maximum absolute atomic E-state index is 14.6. The van der Waals surface area contributed by atoms with Crippen LogP contribution < -0.4 is 4.74 Å². The Morgan fingerprint density at radius 3 is 2.71 bits per heavy atom. The minimum atomic E-state index is -1.04. The summed E-state index contributed by atoms with van der Waals surface area (Å²) in [6.07, 6.45) is -0.241. The summed E-state index contributed by atoms with van der Waals surface area (Å²) in [6.45, 7) is 4.33. The van der Waals surface area contributed by atoms with Crippen LogP contribution in [0.15, 0.2) is 40.9 Å². The predicted octanol–water partition coefficient (Wildman–Crippen LogP) is 4.77. The number of halogens is 2. The van der Waals surface area contributed by atoms with Crippen molar-refractivity contribution in [1.29, 1.82) is 0 Å². The molecule has 2 aromatic rings. The first-order chi connectivity index (χ1) is 10.0. The van der Waals surface area contributed by atoms with Gasteiger partial charge in [0.15, 0.2) is 11.6 Å². The Kier molecular flexibility index (Phi) is 5.37. The standard InChI is InChI=1S/C17H18BrFO2/c1-3-9-21-14-8-7-13(18)15(16(14)19)17(20)12-6-4-5-11(2)10-12/h4-8,10,17,20H,3,9H2,1-2H3. The molecular weight excluding hydrogens is 335 g/mol. The number of ether oxygens (including phenoxy) is 1. The van der Waals surface area contributed by atoms with E-state index in [-0.39, 0.29) is 11.3 Å². The molecule has 0 saturated heterocycles. The van der Waals surface area contributed by atoms with E-state index in [0.29, 0.717) is 16.6 Å². The highest BCUT2D eigenvalue weighted by Gasteiger charge is 2.21. The topological polar surface area (TPSA) is 29.5 Å². The van der Waals surface area contributed by atoms with Gasteiger partial charge in [0.25, 0.3) is 0 Å². The Bertz CT molecular complexity index is 628. The van der Waals surface area contributed by atoms with Gasteiger partial charge in [-0.3, -0.25) is 0 Å². The summed E-state index contributed by atoms with van der Waals surface area (Å²) in [4.78, 5) is 0. The van der Waals surface area contributed by atoms with Crippen molar-refractivity contribution in [2.24, 2.45) is 0 Å². The fourth-order valence-corrected chi connectivity index (χ4v) is 2.65. The quantitative estimate of drug-likeness (QED) is 0.839. The van der Waals surface area contributed by atoms with Crippen LogP contribution in [0.1, 0.15) is 36.1 Å². The normalized spacial score (nSPS) is 12.2. The van der Waals surface area contributed by atoms with Crippen molar-refractivity contribution in [3.63, 3.8) is 0 Å². The number of benzene rings is 2. The van der Waals surface area contributed by atoms with Crippen LogP contribution in [0.5, 0.6) is 5.75 Å². The third kappa shape index (κ3) is 3.63. The molecule has 0 aromatic heterocycles. The molecule has 0 radical (unpaired) electrons. The van der Waals surface area contributed by atoms with Crippen LogP contribution >= 0.6 is 15.9 Å². The van der Waals surface area contributed by atoms with Gasteiger partial charge in [-0.1, -0.05) is 52.7 Å². The van der Waals surface area contributed by atoms with E-state index in [1.807, 2.05) is 32.0 Å². The van der Waals surface area contributed by atoms with E-state index in [4.69, 9.17) is 4.74 Å². The molecule has 2 rings (SSSR count). The fraction of sp³-hybridized carbons (Fsp3) is 0.294. The van der Waals surface area contributed by atoms with Crippen LogP contribution in [0, 0.1) is 12.7 Å². The van der Waals surface area contributed by atoms with Gasteiger partial charge >= 0.3 is 0 Å². The van der Waals surface area contributed by atoms with Gasteiger partial charge in [0, 0.05) is 10.0 Å². The van der Waals surface area contributed by atoms with Crippen molar-refractivity contribution in [1.82, 2.24) is 0 Å². The molecule has 4 heteroatoms. The van der Waals surface area contributed by atoms with Gasteiger partial charge in [0.1, 0.15) is 6.10 Å². The summed E-state index contributed by atoms with van der Waals surface area (Å²) in [6, 6.07) is 10.7. The predicted molar refractivity (Wildman–Crippen MR) is 85.1 cm³/mol. The smallest absolute Gasteiger partial charge is 0.172 e. The number of hydrogen-bond acceptors (Lipinski definition) is 2. The third-order valence-corrected chi connectivity index (χ3v) is 3.88. The first-order valence-corrected chi connectivity index (χ1v) is 7.69. The van der Waals surface area contributed by atoms with Gasteiger partial charge in [-0.25, -0.2) is 4.39 Å². The molecule has 0 fully saturated rings. The highest BCUT2D eigenvalue weighted by Crippen LogP contribution is 2.35. The second kappa shape index (κ2) is 7.05. The van der Waals surface area contributed by atoms with Crippen LogP contribution in [0.4, 0.5) is 4.39 Å². The van der Waals surface area contributed by atoms with Crippen LogP contribution in [0.2, 0.25) is 0 Å². The van der Waals surface area contributed by atoms with E-state index in [0.717, 1.165) is 12.0 Å². The molecule has 1 atom stereocenters. The summed E-state index contributed by atoms with van der Waals surface area (Å²) in [7, 11) is 0. The monoisotopic (exact) mass is 352 g/mol. The number of rotatable bonds is 5. The summed E-state index contributed by atoms with van der Waals surface area (Å²) >= 11 is 3.31. The van der Waals surface area contributed by atoms with E-state index in [2.05, 4.69) is 15.9 Å². The summed E-state index contributed by atoms with van der Waals surface area (Å²) in [5.41, 5.74) is 1.87. The summed E-state index contributed by atoms with van der Waals surface area (Å²) in [5.74, 6) is -0.353. The molecule has 0 aliphatic rings. The molecule has 112 valence electrons. The average molecular weight is 353 g/mol. The van der Waals surface area contributed by atoms with E-state index in [9.17, 15) is 9.50 Å². The second-order valence-corrected chi connectivity index (χ2v) is 5.79. The zero-order valence-corrected chi connectivity index (χ0v) is 13.7. The third-order valence-electron chi connectivity index (χ3n) is 3.18. The highest BCUT2D eigenvalue weighted by molar-refractivity contribution is 9.10. The summed E-state index contributed by atoms with van der Waals surface area (Å²) in [5, 5.41) is 10.5. The van der Waals surface area contributed by atoms with E-state index in [1.54, 1.807) is 18.2 Å². The van der Waals surface area contributed by atoms with Gasteiger partial charge in [-0.2, -0.15) is 0 Å². The average Bonchev–Trinajstić information content (AvgIpc) is 2.46. The van der Waals surface area contributed by atoms with Crippen LogP contribution in [0.25, 0.3) is 0 Å². The van der Waals surface area contributed by atoms with Crippen molar-refractivity contribution < 1.29 is 14.2 Å². The number of aryl methyl sites for hydroxylation is 1. The maximum atomic E-state index is 14.6. The molecule has 0 bridgehead atoms. The van der Waals surface area contributed by atoms with Gasteiger partial charge in [-0.05, 0) is 31.0 Å². The lowest BCUT2D eigenvalue weighted by molar-refractivity contribution is 0.211. The highest BCUT2D eigenvalue weighted by atomic mass is 79.9. The van der Waals surface area contributed by atoms with E-state index >= 15 is 0 Å². The number of aliphatic hydroxyl groups is 1. The van der Waals surface area contributed by atoms with Gasteiger partial charge in [0.05, 0.1) is 6.61 Å². The van der Waals surface area contributed by atoms with Crippen molar-refractivity contribution >= 4 is 15.9 Å². The van der Waals surface area contributed by atoms with Crippen LogP contribution in [-0.4, -0.2) is 11.7 Å². The van der Waals surface area contributed by atoms with E-state index in [1.165, 1.54) is 0 Å². The van der Waals surface area contributed by atoms with Crippen LogP contribution in [-0.2, 0) is 0 Å². The lowest BCUT2D eigenvalue weighted by atomic mass is 9.99. The molecule has 0 amide bonds. The van der Waals surface area contributed by atoms with Crippen molar-refractivity contribution in [3.8, 4) is 5.75 Å². The molecule has 0 aliphatic heterocycles. The van der Waals surface area contributed by atoms with Gasteiger partial charge < -0.3 is 9.84 Å². The Morgan fingerprint density at radius 2 is 2.05 bits per heavy atom. The minimum absolute atomic E-state index is 0.168. The van der Waals surface area contributed by atoms with Crippen molar-refractivity contribution in [3.05, 3.63) is 63.4 Å². The molecule has 0 saturated carbocycles. The number of hydrogen-bond donors (Lipinski definition) is 1. The zero-order chi connectivity index (χ0) is 15.4. The number of aliphatic hydroxyl groups excluding tert-OH is 1. The molecular formula is C17H18BrFO2. The lowest BCUT2D eigenvalue weighted by Crippen LogP contribution is -2.07. The molecule has 2 aromatic carbocycles. The van der Waals surface area contributed by atoms with Gasteiger partial charge in [0.2, 0.25) is 0 Å². The fourth-order valence-electron chi connectivity index (χ4n) is 2.13. The Balaban J connectivity index is 2.42. The molecule has 0 spiro atoms. The van der Waals surface area contributed by atoms with Crippen LogP contribution in [0.3, 0.4) is 0 Å².